The molecule has 2 aliphatic rings. The number of rotatable bonds is 6. The molecule has 2 rings (SSSR count). The Bertz CT molecular complexity index is 260. The van der Waals surface area contributed by atoms with Crippen molar-refractivity contribution in [3.63, 3.8) is 0 Å². The van der Waals surface area contributed by atoms with E-state index in [1.807, 2.05) is 0 Å². The molecule has 0 spiro atoms. The Balaban J connectivity index is 1.92. The van der Waals surface area contributed by atoms with E-state index < -0.39 is 0 Å². The summed E-state index contributed by atoms with van der Waals surface area (Å²) in [5.41, 5.74) is 0.513. The van der Waals surface area contributed by atoms with E-state index in [0.29, 0.717) is 11.5 Å². The second kappa shape index (κ2) is 8.35. The quantitative estimate of drug-likeness (QED) is 0.758. The van der Waals surface area contributed by atoms with Crippen molar-refractivity contribution in [3.8, 4) is 0 Å². The van der Waals surface area contributed by atoms with Gasteiger partial charge in [0.2, 0.25) is 0 Å². The van der Waals surface area contributed by atoms with E-state index in [2.05, 4.69) is 24.2 Å². The number of likely N-dealkylation sites (tertiary alicyclic amines) is 1. The second-order valence-corrected chi connectivity index (χ2v) is 6.90. The van der Waals surface area contributed by atoms with Crippen LogP contribution in [0.1, 0.15) is 58.3 Å². The van der Waals surface area contributed by atoms with Crippen molar-refractivity contribution in [3.05, 3.63) is 0 Å². The Morgan fingerprint density at radius 1 is 1.15 bits per heavy atom. The van der Waals surface area contributed by atoms with E-state index in [-0.39, 0.29) is 0 Å². The average Bonchev–Trinajstić information content (AvgIpc) is 2.66. The zero-order chi connectivity index (χ0) is 14.3. The van der Waals surface area contributed by atoms with Gasteiger partial charge in [0.1, 0.15) is 0 Å². The van der Waals surface area contributed by atoms with E-state index in [9.17, 15) is 0 Å². The predicted octanol–water partition coefficient (Wildman–Crippen LogP) is 3.05. The first-order valence-electron chi connectivity index (χ1n) is 8.76. The third-order valence-corrected chi connectivity index (χ3v) is 5.14. The minimum absolute atomic E-state index is 0.478. The third kappa shape index (κ3) is 4.71. The number of nitrogens with zero attached hydrogens (tertiary/aromatic N) is 1. The van der Waals surface area contributed by atoms with Gasteiger partial charge in [-0.15, -0.1) is 0 Å². The molecular weight excluding hydrogens is 248 g/mol. The number of hydrogen-bond donors (Lipinski definition) is 1. The summed E-state index contributed by atoms with van der Waals surface area (Å²) in [7, 11) is 2.12. The number of piperidine rings is 1. The van der Waals surface area contributed by atoms with Crippen molar-refractivity contribution in [1.82, 2.24) is 10.2 Å². The molecule has 1 saturated carbocycles. The highest BCUT2D eigenvalue weighted by Gasteiger charge is 2.33. The minimum atomic E-state index is 0.478. The Morgan fingerprint density at radius 3 is 2.55 bits per heavy atom. The van der Waals surface area contributed by atoms with Crippen LogP contribution in [0.2, 0.25) is 0 Å². The largest absolute Gasteiger partial charge is 0.377 e. The fourth-order valence-electron chi connectivity index (χ4n) is 4.25. The zero-order valence-electron chi connectivity index (χ0n) is 13.6. The SMILES string of the molecule is CCOC1CCCN(CC2(CNC)CCCCCC2)C1. The van der Waals surface area contributed by atoms with Crippen molar-refractivity contribution >= 4 is 0 Å². The first-order valence-corrected chi connectivity index (χ1v) is 8.76. The van der Waals surface area contributed by atoms with Gasteiger partial charge in [-0.25, -0.2) is 0 Å². The van der Waals surface area contributed by atoms with Crippen molar-refractivity contribution in [2.24, 2.45) is 5.41 Å². The smallest absolute Gasteiger partial charge is 0.0702 e. The first kappa shape index (κ1) is 16.3. The van der Waals surface area contributed by atoms with Gasteiger partial charge in [-0.2, -0.15) is 0 Å². The molecule has 0 radical (unpaired) electrons. The van der Waals surface area contributed by atoms with Crippen molar-refractivity contribution in [2.45, 2.75) is 64.4 Å². The van der Waals surface area contributed by atoms with Crippen LogP contribution in [0.5, 0.6) is 0 Å². The molecule has 118 valence electrons. The van der Waals surface area contributed by atoms with Crippen LogP contribution >= 0.6 is 0 Å². The van der Waals surface area contributed by atoms with Crippen LogP contribution < -0.4 is 5.32 Å². The van der Waals surface area contributed by atoms with Crippen LogP contribution in [0.3, 0.4) is 0 Å². The molecule has 3 heteroatoms. The molecule has 1 saturated heterocycles. The normalized spacial score (nSPS) is 28.2. The van der Waals surface area contributed by atoms with E-state index >= 15 is 0 Å². The lowest BCUT2D eigenvalue weighted by Gasteiger charge is -2.41. The summed E-state index contributed by atoms with van der Waals surface area (Å²) >= 11 is 0. The third-order valence-electron chi connectivity index (χ3n) is 5.14. The monoisotopic (exact) mass is 282 g/mol. The molecule has 0 bridgehead atoms. The lowest BCUT2D eigenvalue weighted by Crippen LogP contribution is -2.48. The second-order valence-electron chi connectivity index (χ2n) is 6.90. The Labute approximate surface area is 125 Å². The summed E-state index contributed by atoms with van der Waals surface area (Å²) in [6.45, 7) is 7.86. The molecule has 1 heterocycles. The van der Waals surface area contributed by atoms with Crippen LogP contribution in [-0.4, -0.2) is 50.8 Å². The number of hydrogen-bond acceptors (Lipinski definition) is 3. The molecule has 0 aromatic rings. The molecule has 1 N–H and O–H groups in total. The fraction of sp³-hybridized carbons (Fsp3) is 1.00. The van der Waals surface area contributed by atoms with Crippen molar-refractivity contribution in [2.75, 3.05) is 39.8 Å². The average molecular weight is 282 g/mol. The first-order chi connectivity index (χ1) is 9.78. The van der Waals surface area contributed by atoms with Gasteiger partial charge < -0.3 is 15.0 Å². The Hall–Kier alpha value is -0.120. The highest BCUT2D eigenvalue weighted by molar-refractivity contribution is 4.88. The molecule has 0 amide bonds. The van der Waals surface area contributed by atoms with Crippen LogP contribution in [0.4, 0.5) is 0 Å². The molecule has 0 aromatic carbocycles. The molecule has 20 heavy (non-hydrogen) atoms. The summed E-state index contributed by atoms with van der Waals surface area (Å²) in [5.74, 6) is 0. The lowest BCUT2D eigenvalue weighted by molar-refractivity contribution is -0.00869. The molecule has 1 atom stereocenters. The molecular formula is C17H34N2O. The van der Waals surface area contributed by atoms with Crippen LogP contribution in [0, 0.1) is 5.41 Å². The highest BCUT2D eigenvalue weighted by atomic mass is 16.5. The fourth-order valence-corrected chi connectivity index (χ4v) is 4.25. The van der Waals surface area contributed by atoms with E-state index in [1.165, 1.54) is 71.0 Å². The standard InChI is InChI=1S/C17H34N2O/c1-3-20-16-9-8-12-19(13-16)15-17(14-18-2)10-6-4-5-7-11-17/h16,18H,3-15H2,1-2H3. The van der Waals surface area contributed by atoms with Gasteiger partial charge in [0, 0.05) is 26.2 Å². The number of nitrogens with one attached hydrogen (secondary N) is 1. The van der Waals surface area contributed by atoms with E-state index in [0.717, 1.165) is 13.2 Å². The maximum atomic E-state index is 5.86. The highest BCUT2D eigenvalue weighted by Crippen LogP contribution is 2.36. The number of ether oxygens (including phenoxy) is 1. The van der Waals surface area contributed by atoms with Gasteiger partial charge in [-0.1, -0.05) is 25.7 Å². The van der Waals surface area contributed by atoms with Gasteiger partial charge in [0.05, 0.1) is 6.10 Å². The van der Waals surface area contributed by atoms with E-state index in [4.69, 9.17) is 4.74 Å². The van der Waals surface area contributed by atoms with Crippen molar-refractivity contribution in [1.29, 1.82) is 0 Å². The minimum Gasteiger partial charge on any atom is -0.377 e. The van der Waals surface area contributed by atoms with Crippen LogP contribution in [0.15, 0.2) is 0 Å². The van der Waals surface area contributed by atoms with Gasteiger partial charge in [-0.05, 0) is 51.6 Å². The van der Waals surface area contributed by atoms with Crippen molar-refractivity contribution < 1.29 is 4.74 Å². The zero-order valence-corrected chi connectivity index (χ0v) is 13.6. The Kier molecular flexibility index (Phi) is 6.79. The lowest BCUT2D eigenvalue weighted by atomic mass is 9.79. The maximum Gasteiger partial charge on any atom is 0.0702 e. The molecule has 2 fully saturated rings. The topological polar surface area (TPSA) is 24.5 Å². The predicted molar refractivity (Wildman–Crippen MR) is 85.1 cm³/mol. The summed E-state index contributed by atoms with van der Waals surface area (Å²) in [6, 6.07) is 0. The Morgan fingerprint density at radius 2 is 1.90 bits per heavy atom. The summed E-state index contributed by atoms with van der Waals surface area (Å²) in [4.78, 5) is 2.69. The van der Waals surface area contributed by atoms with Gasteiger partial charge >= 0.3 is 0 Å². The summed E-state index contributed by atoms with van der Waals surface area (Å²) < 4.78 is 5.86. The van der Waals surface area contributed by atoms with Crippen LogP contribution in [-0.2, 0) is 4.74 Å². The summed E-state index contributed by atoms with van der Waals surface area (Å²) in [5, 5.41) is 3.47. The van der Waals surface area contributed by atoms with Gasteiger partial charge in [-0.3, -0.25) is 0 Å². The summed E-state index contributed by atoms with van der Waals surface area (Å²) in [6.07, 6.45) is 11.6. The molecule has 0 aromatic heterocycles. The molecule has 1 aliphatic carbocycles. The van der Waals surface area contributed by atoms with Gasteiger partial charge in [0.15, 0.2) is 0 Å². The van der Waals surface area contributed by atoms with E-state index in [1.54, 1.807) is 0 Å². The molecule has 1 aliphatic heterocycles. The maximum absolute atomic E-state index is 5.86. The molecule has 1 unspecified atom stereocenters. The van der Waals surface area contributed by atoms with Gasteiger partial charge in [0.25, 0.3) is 0 Å². The van der Waals surface area contributed by atoms with Crippen LogP contribution in [0.25, 0.3) is 0 Å². The molecule has 3 nitrogen and oxygen atoms in total.